The Morgan fingerprint density at radius 1 is 1.32 bits per heavy atom. The number of ketones is 1. The van der Waals surface area contributed by atoms with Crippen molar-refractivity contribution in [2.75, 3.05) is 18.6 Å². The highest BCUT2D eigenvalue weighted by Crippen LogP contribution is 2.45. The maximum absolute atomic E-state index is 13.2. The lowest BCUT2D eigenvalue weighted by atomic mass is 9.89. The maximum atomic E-state index is 13.2. The molecule has 6 N–H and O–H groups in total. The molecule has 0 aromatic carbocycles. The fourth-order valence-electron chi connectivity index (χ4n) is 5.37. The van der Waals surface area contributed by atoms with Crippen LogP contribution in [0.5, 0.6) is 0 Å². The zero-order valence-corrected chi connectivity index (χ0v) is 27.1. The van der Waals surface area contributed by atoms with Gasteiger partial charge in [0.15, 0.2) is 35.6 Å². The Hall–Kier alpha value is -5.07. The molecule has 2 aliphatic heterocycles. The number of β-lactam (4-membered cyclic amide) rings is 1. The van der Waals surface area contributed by atoms with Crippen LogP contribution in [-0.4, -0.2) is 73.5 Å². The number of amidine groups is 1. The number of nitrogens with one attached hydrogen (secondary N) is 1. The number of thiophene rings is 1. The standard InChI is InChI=1S/C28H26N8O5S3.CH2O2/c1-41-33-22(19-13-44-28(31)32-19)21(37)7-18-25(38)36-23(27(39)40)16(12-43-26(18)36)9-34-4-3-20-14(8-34)2-5-35(20)10-17-6-15(11-42-17)24(29)30;2-1-3/h2-6,8,11,13,18,26H,7,9-10,12H2,1H3,(H5-,29,30,31,32,39,40);1H,(H,2,3)/b33-22-;/t18-,26-;/m1./s1. The van der Waals surface area contributed by atoms with Gasteiger partial charge < -0.3 is 35.9 Å². The number of nitrogens with zero attached hydrogens (tertiary/aromatic N) is 5. The first-order chi connectivity index (χ1) is 22.6. The molecule has 47 heavy (non-hydrogen) atoms. The van der Waals surface area contributed by atoms with Crippen LogP contribution in [0.15, 0.2) is 64.0 Å². The number of amides is 1. The Morgan fingerprint density at radius 2 is 2.09 bits per heavy atom. The Bertz CT molecular complexity index is 1950. The molecule has 6 rings (SSSR count). The number of anilines is 1. The third-order valence-electron chi connectivity index (χ3n) is 7.40. The van der Waals surface area contributed by atoms with Gasteiger partial charge in [-0.3, -0.25) is 24.7 Å². The van der Waals surface area contributed by atoms with Gasteiger partial charge >= 0.3 is 0 Å². The van der Waals surface area contributed by atoms with E-state index in [1.54, 1.807) is 16.7 Å². The number of aromatic nitrogens is 3. The van der Waals surface area contributed by atoms with Gasteiger partial charge in [0.05, 0.1) is 40.4 Å². The number of rotatable bonds is 11. The molecule has 4 aromatic rings. The third-order valence-corrected chi connectivity index (χ3v) is 10.4. The molecule has 0 aliphatic carbocycles. The SMILES string of the molecule is CO/N=C(\C(=O)C[C@@H]1C(=O)N2C(C(=O)[O-])=C(C[n+]3ccc4c(ccn4Cc4cc(C(=N)N)cs4)c3)CS[C@H]12)c1csc(N)n1.O=CO. The van der Waals surface area contributed by atoms with Gasteiger partial charge in [0.1, 0.15) is 18.6 Å². The number of carboxylic acids is 1. The molecule has 0 bridgehead atoms. The number of thioether (sulfide) groups is 1. The number of aliphatic carboxylic acids is 1. The summed E-state index contributed by atoms with van der Waals surface area (Å²) in [6, 6.07) is 5.84. The fraction of sp³-hybridized carbons (Fsp3) is 0.241. The first kappa shape index (κ1) is 33.3. The van der Waals surface area contributed by atoms with Crippen molar-refractivity contribution in [2.45, 2.75) is 24.9 Å². The summed E-state index contributed by atoms with van der Waals surface area (Å²) < 4.78 is 3.97. The largest absolute Gasteiger partial charge is 0.543 e. The molecule has 0 spiro atoms. The number of pyridine rings is 1. The summed E-state index contributed by atoms with van der Waals surface area (Å²) in [7, 11) is 1.30. The molecule has 15 nitrogen and oxygen atoms in total. The van der Waals surface area contributed by atoms with E-state index in [1.165, 1.54) is 23.8 Å². The summed E-state index contributed by atoms with van der Waals surface area (Å²) in [6.07, 6.45) is 5.60. The van der Waals surface area contributed by atoms with E-state index in [0.717, 1.165) is 27.1 Å². The zero-order chi connectivity index (χ0) is 33.8. The summed E-state index contributed by atoms with van der Waals surface area (Å²) in [5.41, 5.74) is 13.6. The summed E-state index contributed by atoms with van der Waals surface area (Å²) >= 11 is 4.10. The minimum absolute atomic E-state index is 0.0376. The zero-order valence-electron chi connectivity index (χ0n) is 24.7. The minimum atomic E-state index is -1.43. The van der Waals surface area contributed by atoms with E-state index >= 15 is 0 Å². The number of Topliss-reactive ketones (excluding diaryl/α,β-unsaturated/α-hetero) is 1. The normalized spacial score (nSPS) is 17.4. The summed E-state index contributed by atoms with van der Waals surface area (Å²) in [6.45, 7) is 0.626. The molecule has 2 atom stereocenters. The molecule has 6 heterocycles. The van der Waals surface area contributed by atoms with Gasteiger partial charge in [-0.2, -0.15) is 0 Å². The molecule has 1 amide bonds. The van der Waals surface area contributed by atoms with Crippen LogP contribution in [0.2, 0.25) is 0 Å². The predicted octanol–water partition coefficient (Wildman–Crippen LogP) is 0.607. The van der Waals surface area contributed by atoms with Crippen LogP contribution >= 0.6 is 34.4 Å². The number of hydrogen-bond acceptors (Lipinski definition) is 13. The van der Waals surface area contributed by atoms with E-state index in [1.807, 2.05) is 46.7 Å². The highest BCUT2D eigenvalue weighted by atomic mass is 32.2. The highest BCUT2D eigenvalue weighted by molar-refractivity contribution is 8.00. The lowest BCUT2D eigenvalue weighted by molar-refractivity contribution is -0.687. The van der Waals surface area contributed by atoms with E-state index in [9.17, 15) is 19.5 Å². The van der Waals surface area contributed by atoms with E-state index < -0.39 is 29.0 Å². The van der Waals surface area contributed by atoms with Crippen molar-refractivity contribution < 1.29 is 38.8 Å². The van der Waals surface area contributed by atoms with Crippen molar-refractivity contribution >= 4 is 86.1 Å². The molecule has 4 aromatic heterocycles. The monoisotopic (exact) mass is 696 g/mol. The Balaban J connectivity index is 0.00000139. The fourth-order valence-corrected chi connectivity index (χ4v) is 8.21. The first-order valence-corrected chi connectivity index (χ1v) is 16.6. The number of thiazole rings is 1. The average Bonchev–Trinajstić information content (AvgIpc) is 3.79. The second kappa shape index (κ2) is 14.1. The Kier molecular flexibility index (Phi) is 10.0. The van der Waals surface area contributed by atoms with Crippen molar-refractivity contribution in [3.8, 4) is 0 Å². The van der Waals surface area contributed by atoms with Gasteiger partial charge in [-0.1, -0.05) is 5.16 Å². The second-order valence-electron chi connectivity index (χ2n) is 10.3. The summed E-state index contributed by atoms with van der Waals surface area (Å²) in [5, 5.41) is 34.8. The number of fused-ring (bicyclic) bond motifs is 2. The van der Waals surface area contributed by atoms with Crippen LogP contribution in [0, 0.1) is 11.3 Å². The van der Waals surface area contributed by atoms with Crippen LogP contribution in [0.1, 0.15) is 22.6 Å². The number of carboxylic acid groups (broad SMARTS) is 2. The molecule has 0 saturated carbocycles. The van der Waals surface area contributed by atoms with E-state index in [4.69, 9.17) is 31.6 Å². The number of carbonyl (C=O) groups excluding carboxylic acids is 3. The topological polar surface area (TPSA) is 234 Å². The molecule has 18 heteroatoms. The lowest BCUT2D eigenvalue weighted by Crippen LogP contribution is -2.63. The van der Waals surface area contributed by atoms with Gasteiger partial charge in [0.2, 0.25) is 5.91 Å². The lowest BCUT2D eigenvalue weighted by Gasteiger charge is -2.50. The highest BCUT2D eigenvalue weighted by Gasteiger charge is 2.53. The molecule has 0 radical (unpaired) electrons. The molecule has 0 unspecified atom stereocenters. The number of carbonyl (C=O) groups is 4. The number of hydrogen-bond donors (Lipinski definition) is 4. The van der Waals surface area contributed by atoms with Crippen LogP contribution in [0.3, 0.4) is 0 Å². The van der Waals surface area contributed by atoms with Gasteiger partial charge in [0, 0.05) is 51.2 Å². The van der Waals surface area contributed by atoms with Crippen molar-refractivity contribution in [1.29, 1.82) is 5.41 Å². The minimum Gasteiger partial charge on any atom is -0.543 e. The van der Waals surface area contributed by atoms with Gasteiger partial charge in [-0.15, -0.1) is 34.4 Å². The van der Waals surface area contributed by atoms with Crippen LogP contribution in [0.4, 0.5) is 5.13 Å². The summed E-state index contributed by atoms with van der Waals surface area (Å²) in [4.78, 5) is 58.2. The van der Waals surface area contributed by atoms with Gasteiger partial charge in [-0.25, -0.2) is 9.55 Å². The van der Waals surface area contributed by atoms with E-state index in [-0.39, 0.29) is 47.5 Å². The smallest absolute Gasteiger partial charge is 0.290 e. The number of nitrogen functional groups attached to an aromatic ring is 2. The number of nitrogens with two attached hydrogens (primary N) is 2. The van der Waals surface area contributed by atoms with Gasteiger partial charge in [-0.05, 0) is 12.1 Å². The van der Waals surface area contributed by atoms with Crippen molar-refractivity contribution in [3.05, 3.63) is 75.0 Å². The average molecular weight is 697 g/mol. The molecule has 244 valence electrons. The molecule has 2 aliphatic rings. The second-order valence-corrected chi connectivity index (χ2v) is 13.3. The predicted molar refractivity (Wildman–Crippen MR) is 174 cm³/mol. The van der Waals surface area contributed by atoms with Gasteiger partial charge in [0.25, 0.3) is 6.47 Å². The Morgan fingerprint density at radius 3 is 2.72 bits per heavy atom. The van der Waals surface area contributed by atoms with Crippen molar-refractivity contribution in [1.82, 2.24) is 14.5 Å². The number of oxime groups is 1. The van der Waals surface area contributed by atoms with E-state index in [0.29, 0.717) is 23.4 Å². The van der Waals surface area contributed by atoms with Crippen LogP contribution < -0.4 is 21.1 Å². The first-order valence-electron chi connectivity index (χ1n) is 13.8. The van der Waals surface area contributed by atoms with E-state index in [2.05, 4.69) is 14.7 Å². The molecule has 1 saturated heterocycles. The molecular formula is C29H28N8O7S3. The quantitative estimate of drug-likeness (QED) is 0.0423. The Labute approximate surface area is 279 Å². The van der Waals surface area contributed by atoms with Crippen LogP contribution in [-0.2, 0) is 37.1 Å². The summed E-state index contributed by atoms with van der Waals surface area (Å²) in [5.74, 6) is -2.67. The van der Waals surface area contributed by atoms with Crippen LogP contribution in [0.25, 0.3) is 10.9 Å². The van der Waals surface area contributed by atoms with Crippen molar-refractivity contribution in [2.24, 2.45) is 16.8 Å². The van der Waals surface area contributed by atoms with Crippen molar-refractivity contribution in [3.63, 3.8) is 0 Å². The maximum Gasteiger partial charge on any atom is 0.290 e. The molecule has 1 fully saturated rings. The third kappa shape index (κ3) is 6.88. The molecular weight excluding hydrogens is 669 g/mol.